The van der Waals surface area contributed by atoms with Gasteiger partial charge in [-0.3, -0.25) is 9.59 Å². The zero-order valence-electron chi connectivity index (χ0n) is 3.82. The summed E-state index contributed by atoms with van der Waals surface area (Å²) in [6, 6.07) is 0. The third kappa shape index (κ3) is 1.64. The summed E-state index contributed by atoms with van der Waals surface area (Å²) in [6.45, 7) is 2.50. The van der Waals surface area contributed by atoms with Crippen LogP contribution in [0.3, 0.4) is 0 Å². The van der Waals surface area contributed by atoms with E-state index in [-0.39, 0.29) is 11.6 Å². The van der Waals surface area contributed by atoms with Crippen molar-refractivity contribution in [2.45, 2.75) is 13.8 Å². The van der Waals surface area contributed by atoms with Gasteiger partial charge in [-0.15, -0.1) is 0 Å². The molecule has 2 nitrogen and oxygen atoms in total. The van der Waals surface area contributed by atoms with E-state index in [0.717, 1.165) is 0 Å². The van der Waals surface area contributed by atoms with E-state index in [4.69, 9.17) is 0 Å². The van der Waals surface area contributed by atoms with Crippen LogP contribution in [-0.4, -0.2) is 11.6 Å². The molecule has 0 saturated carbocycles. The molecule has 0 heterocycles. The molecule has 2 heteroatoms. The highest BCUT2D eigenvalue weighted by Gasteiger charge is 1.94. The molecule has 0 N–H and O–H groups in total. The summed E-state index contributed by atoms with van der Waals surface area (Å²) in [4.78, 5) is 19.6. The number of hydrogen-bond acceptors (Lipinski definition) is 2. The van der Waals surface area contributed by atoms with Gasteiger partial charge in [0.05, 0.1) is 0 Å². The summed E-state index contributed by atoms with van der Waals surface area (Å²) in [5.41, 5.74) is 0. The second kappa shape index (κ2) is 1.70. The molecule has 0 atom stereocenters. The van der Waals surface area contributed by atoms with Gasteiger partial charge in [-0.1, -0.05) is 0 Å². The minimum atomic E-state index is -0.380. The summed E-state index contributed by atoms with van der Waals surface area (Å²) in [7, 11) is 0. The molecular weight excluding hydrogens is 81.0 g/mol. The molecule has 0 unspecified atom stereocenters. The summed E-state index contributed by atoms with van der Waals surface area (Å²) < 4.78 is 0. The van der Waals surface area contributed by atoms with Crippen LogP contribution in [0.4, 0.5) is 0 Å². The van der Waals surface area contributed by atoms with Crippen molar-refractivity contribution < 1.29 is 9.59 Å². The Hall–Kier alpha value is -0.660. The Morgan fingerprint density at radius 1 is 1.00 bits per heavy atom. The number of carbonyl (C=O) groups is 2. The molecular formula is C4H6O2. The molecule has 0 rings (SSSR count). The van der Waals surface area contributed by atoms with Crippen LogP contribution >= 0.6 is 0 Å². The fraction of sp³-hybridized carbons (Fsp3) is 0.500. The molecule has 0 aromatic heterocycles. The Labute approximate surface area is 36.2 Å². The van der Waals surface area contributed by atoms with Crippen molar-refractivity contribution in [1.82, 2.24) is 0 Å². The van der Waals surface area contributed by atoms with Crippen LogP contribution < -0.4 is 0 Å². The van der Waals surface area contributed by atoms with Crippen molar-refractivity contribution in [3.05, 3.63) is 0 Å². The van der Waals surface area contributed by atoms with Gasteiger partial charge in [-0.25, -0.2) is 0 Å². The second-order valence-electron chi connectivity index (χ2n) is 1.11. The lowest BCUT2D eigenvalue weighted by Gasteiger charge is -1.73. The predicted octanol–water partition coefficient (Wildman–Crippen LogP) is 0.164. The number of ketones is 2. The molecule has 0 bridgehead atoms. The van der Waals surface area contributed by atoms with E-state index in [0.29, 0.717) is 0 Å². The molecule has 0 spiro atoms. The topological polar surface area (TPSA) is 34.1 Å². The highest BCUT2D eigenvalue weighted by atomic mass is 16.2. The normalized spacial score (nSPS) is 7.67. The summed E-state index contributed by atoms with van der Waals surface area (Å²) in [6.07, 6.45) is 0. The van der Waals surface area contributed by atoms with Crippen LogP contribution in [-0.2, 0) is 9.59 Å². The fourth-order valence-electron chi connectivity index (χ4n) is 0. The van der Waals surface area contributed by atoms with Crippen molar-refractivity contribution in [3.8, 4) is 0 Å². The molecule has 0 aromatic carbocycles. The molecule has 0 fully saturated rings. The monoisotopic (exact) mass is 87.0 g/mol. The molecule has 0 amide bonds. The van der Waals surface area contributed by atoms with Gasteiger partial charge in [0.1, 0.15) is 0 Å². The van der Waals surface area contributed by atoms with Crippen LogP contribution in [0.1, 0.15) is 13.8 Å². The Balaban J connectivity index is 3.57. The lowest BCUT2D eigenvalue weighted by atomic mass is 10.4. The quantitative estimate of drug-likeness (QED) is 0.337. The number of rotatable bonds is 1. The second-order valence-corrected chi connectivity index (χ2v) is 1.11. The molecule has 6 heavy (non-hydrogen) atoms. The van der Waals surface area contributed by atoms with E-state index in [1.165, 1.54) is 13.8 Å². The third-order valence-electron chi connectivity index (χ3n) is 0.496. The lowest BCUT2D eigenvalue weighted by molar-refractivity contribution is -0.134. The Bertz CT molecular complexity index is 71.5. The van der Waals surface area contributed by atoms with E-state index >= 15 is 0 Å². The Morgan fingerprint density at radius 2 is 1.17 bits per heavy atom. The summed E-state index contributed by atoms with van der Waals surface area (Å²) in [5, 5.41) is 0. The smallest absolute Gasteiger partial charge is 0.195 e. The first kappa shape index (κ1) is 5.34. The standard InChI is InChI=1S/C4H6O2/c1-3(5)4(2)6/h1-2H3/i1+1. The van der Waals surface area contributed by atoms with Gasteiger partial charge in [0.15, 0.2) is 11.6 Å². The average Bonchev–Trinajstić information content (AvgIpc) is 1.36. The zero-order chi connectivity index (χ0) is 5.15. The average molecular weight is 87.1 g/mol. The molecule has 0 saturated heterocycles. The van der Waals surface area contributed by atoms with Crippen LogP contribution in [0.5, 0.6) is 0 Å². The molecule has 0 radical (unpaired) electrons. The molecule has 0 aliphatic rings. The first-order valence-electron chi connectivity index (χ1n) is 1.66. The first-order chi connectivity index (χ1) is 2.64. The van der Waals surface area contributed by atoms with Gasteiger partial charge in [0.2, 0.25) is 0 Å². The maximum absolute atomic E-state index is 9.79. The zero-order valence-corrected chi connectivity index (χ0v) is 3.82. The maximum Gasteiger partial charge on any atom is 0.195 e. The lowest BCUT2D eigenvalue weighted by Crippen LogP contribution is -2.01. The minimum Gasteiger partial charge on any atom is -0.291 e. The van der Waals surface area contributed by atoms with Gasteiger partial charge < -0.3 is 0 Å². The Morgan fingerprint density at radius 3 is 1.17 bits per heavy atom. The highest BCUT2D eigenvalue weighted by molar-refractivity contribution is 6.35. The molecule has 0 aliphatic carbocycles. The van der Waals surface area contributed by atoms with Gasteiger partial charge in [-0.2, -0.15) is 0 Å². The largest absolute Gasteiger partial charge is 0.291 e. The molecule has 0 aliphatic heterocycles. The van der Waals surface area contributed by atoms with Crippen LogP contribution in [0, 0.1) is 0 Å². The first-order valence-corrected chi connectivity index (χ1v) is 1.66. The van der Waals surface area contributed by atoms with E-state index < -0.39 is 0 Å². The Kier molecular flexibility index (Phi) is 1.51. The van der Waals surface area contributed by atoms with E-state index in [1.54, 1.807) is 0 Å². The molecule has 34 valence electrons. The van der Waals surface area contributed by atoms with Crippen molar-refractivity contribution in [1.29, 1.82) is 0 Å². The predicted molar refractivity (Wildman–Crippen MR) is 21.4 cm³/mol. The maximum atomic E-state index is 9.79. The van der Waals surface area contributed by atoms with Gasteiger partial charge in [0.25, 0.3) is 0 Å². The van der Waals surface area contributed by atoms with Gasteiger partial charge in [0, 0.05) is 13.8 Å². The summed E-state index contributed by atoms with van der Waals surface area (Å²) in [5.74, 6) is -0.759. The van der Waals surface area contributed by atoms with Crippen molar-refractivity contribution in [2.75, 3.05) is 0 Å². The van der Waals surface area contributed by atoms with E-state index in [1.807, 2.05) is 0 Å². The number of carbonyl (C=O) groups excluding carboxylic acids is 2. The van der Waals surface area contributed by atoms with Crippen molar-refractivity contribution in [2.24, 2.45) is 0 Å². The molecule has 0 aromatic rings. The highest BCUT2D eigenvalue weighted by Crippen LogP contribution is 1.66. The number of Topliss-reactive ketones (excluding diaryl/α,β-unsaturated/α-hetero) is 2. The SMILES string of the molecule is CC(=O)C([13CH3])=O. The van der Waals surface area contributed by atoms with Gasteiger partial charge >= 0.3 is 0 Å². The third-order valence-corrected chi connectivity index (χ3v) is 0.496. The van der Waals surface area contributed by atoms with Crippen molar-refractivity contribution in [3.63, 3.8) is 0 Å². The van der Waals surface area contributed by atoms with Crippen molar-refractivity contribution >= 4 is 11.6 Å². The van der Waals surface area contributed by atoms with Crippen LogP contribution in [0.25, 0.3) is 0 Å². The van der Waals surface area contributed by atoms with E-state index in [2.05, 4.69) is 0 Å². The van der Waals surface area contributed by atoms with Crippen LogP contribution in [0.15, 0.2) is 0 Å². The summed E-state index contributed by atoms with van der Waals surface area (Å²) >= 11 is 0. The number of hydrogen-bond donors (Lipinski definition) is 0. The van der Waals surface area contributed by atoms with Gasteiger partial charge in [-0.05, 0) is 0 Å². The minimum absolute atomic E-state index is 0.380. The van der Waals surface area contributed by atoms with E-state index in [9.17, 15) is 9.59 Å². The fourth-order valence-corrected chi connectivity index (χ4v) is 0. The van der Waals surface area contributed by atoms with Crippen LogP contribution in [0.2, 0.25) is 0 Å².